The first kappa shape index (κ1) is 12.5. The molecule has 0 aliphatic rings. The fraction of sp³-hybridized carbons (Fsp3) is 0.500. The average Bonchev–Trinajstić information content (AvgIpc) is 2.25. The SMILES string of the molecule is CCSCCNC(C)c1ccc(F)cc1. The second-order valence-corrected chi connectivity index (χ2v) is 4.82. The summed E-state index contributed by atoms with van der Waals surface area (Å²) in [5.74, 6) is 2.11. The predicted molar refractivity (Wildman–Crippen MR) is 65.8 cm³/mol. The molecule has 1 N–H and O–H groups in total. The topological polar surface area (TPSA) is 12.0 Å². The van der Waals surface area contributed by atoms with Crippen LogP contribution in [-0.2, 0) is 0 Å². The quantitative estimate of drug-likeness (QED) is 0.749. The Hall–Kier alpha value is -0.540. The van der Waals surface area contributed by atoms with Crippen LogP contribution in [0.4, 0.5) is 4.39 Å². The van der Waals surface area contributed by atoms with Crippen LogP contribution in [0, 0.1) is 5.82 Å². The fourth-order valence-electron chi connectivity index (χ4n) is 1.36. The van der Waals surface area contributed by atoms with Gasteiger partial charge in [0.2, 0.25) is 0 Å². The molecular weight excluding hydrogens is 209 g/mol. The van der Waals surface area contributed by atoms with Crippen LogP contribution < -0.4 is 5.32 Å². The van der Waals surface area contributed by atoms with Gasteiger partial charge in [0, 0.05) is 18.3 Å². The summed E-state index contributed by atoms with van der Waals surface area (Å²) in [6, 6.07) is 6.98. The summed E-state index contributed by atoms with van der Waals surface area (Å²) in [5, 5.41) is 3.41. The summed E-state index contributed by atoms with van der Waals surface area (Å²) in [5.41, 5.74) is 1.14. The minimum Gasteiger partial charge on any atom is -0.309 e. The van der Waals surface area contributed by atoms with E-state index in [1.807, 2.05) is 23.9 Å². The van der Waals surface area contributed by atoms with Crippen molar-refractivity contribution in [2.75, 3.05) is 18.1 Å². The Morgan fingerprint density at radius 1 is 1.33 bits per heavy atom. The van der Waals surface area contributed by atoms with Gasteiger partial charge in [-0.05, 0) is 30.4 Å². The maximum atomic E-state index is 12.7. The fourth-order valence-corrected chi connectivity index (χ4v) is 1.91. The Kier molecular flexibility index (Phi) is 5.73. The van der Waals surface area contributed by atoms with Crippen molar-refractivity contribution in [3.63, 3.8) is 0 Å². The summed E-state index contributed by atoms with van der Waals surface area (Å²) >= 11 is 1.93. The highest BCUT2D eigenvalue weighted by Gasteiger charge is 2.03. The number of rotatable bonds is 6. The lowest BCUT2D eigenvalue weighted by Crippen LogP contribution is -2.21. The molecule has 0 aromatic heterocycles. The van der Waals surface area contributed by atoms with E-state index in [-0.39, 0.29) is 5.82 Å². The normalized spacial score (nSPS) is 12.7. The molecule has 3 heteroatoms. The molecule has 0 bridgehead atoms. The summed E-state index contributed by atoms with van der Waals surface area (Å²) in [4.78, 5) is 0. The number of thioether (sulfide) groups is 1. The van der Waals surface area contributed by atoms with Gasteiger partial charge in [0.25, 0.3) is 0 Å². The van der Waals surface area contributed by atoms with E-state index in [9.17, 15) is 4.39 Å². The number of halogens is 1. The third-order valence-electron chi connectivity index (χ3n) is 2.27. The van der Waals surface area contributed by atoms with Gasteiger partial charge in [-0.2, -0.15) is 11.8 Å². The van der Waals surface area contributed by atoms with E-state index in [0.717, 1.165) is 23.6 Å². The lowest BCUT2D eigenvalue weighted by atomic mass is 10.1. The summed E-state index contributed by atoms with van der Waals surface area (Å²) in [7, 11) is 0. The zero-order valence-electron chi connectivity index (χ0n) is 9.29. The van der Waals surface area contributed by atoms with Crippen molar-refractivity contribution in [3.8, 4) is 0 Å². The van der Waals surface area contributed by atoms with Gasteiger partial charge in [0.15, 0.2) is 0 Å². The molecule has 15 heavy (non-hydrogen) atoms. The molecule has 84 valence electrons. The van der Waals surface area contributed by atoms with Gasteiger partial charge in [0.05, 0.1) is 0 Å². The Morgan fingerprint density at radius 2 is 2.00 bits per heavy atom. The van der Waals surface area contributed by atoms with Gasteiger partial charge < -0.3 is 5.32 Å². The van der Waals surface area contributed by atoms with Crippen LogP contribution in [0.2, 0.25) is 0 Å². The van der Waals surface area contributed by atoms with Gasteiger partial charge in [-0.1, -0.05) is 19.1 Å². The Bertz CT molecular complexity index is 273. The molecule has 1 aromatic rings. The molecule has 1 rings (SSSR count). The van der Waals surface area contributed by atoms with Crippen molar-refractivity contribution in [3.05, 3.63) is 35.6 Å². The molecule has 0 heterocycles. The van der Waals surface area contributed by atoms with Crippen molar-refractivity contribution >= 4 is 11.8 Å². The largest absolute Gasteiger partial charge is 0.309 e. The van der Waals surface area contributed by atoms with Crippen LogP contribution in [-0.4, -0.2) is 18.1 Å². The molecule has 0 aliphatic heterocycles. The van der Waals surface area contributed by atoms with Crippen molar-refractivity contribution in [2.24, 2.45) is 0 Å². The average molecular weight is 227 g/mol. The standard InChI is InChI=1S/C12H18FNS/c1-3-15-9-8-14-10(2)11-4-6-12(13)7-5-11/h4-7,10,14H,3,8-9H2,1-2H3. The van der Waals surface area contributed by atoms with E-state index in [1.54, 1.807) is 0 Å². The smallest absolute Gasteiger partial charge is 0.123 e. The highest BCUT2D eigenvalue weighted by Crippen LogP contribution is 2.12. The molecule has 0 amide bonds. The van der Waals surface area contributed by atoms with Crippen molar-refractivity contribution < 1.29 is 4.39 Å². The molecule has 0 radical (unpaired) electrons. The molecule has 0 spiro atoms. The zero-order chi connectivity index (χ0) is 11.1. The van der Waals surface area contributed by atoms with Crippen molar-refractivity contribution in [2.45, 2.75) is 19.9 Å². The number of nitrogens with one attached hydrogen (secondary N) is 1. The second kappa shape index (κ2) is 6.85. The van der Waals surface area contributed by atoms with Gasteiger partial charge in [-0.15, -0.1) is 0 Å². The van der Waals surface area contributed by atoms with Crippen LogP contribution in [0.25, 0.3) is 0 Å². The highest BCUT2D eigenvalue weighted by molar-refractivity contribution is 7.99. The minimum absolute atomic E-state index is 0.174. The van der Waals surface area contributed by atoms with E-state index < -0.39 is 0 Å². The molecule has 1 nitrogen and oxygen atoms in total. The van der Waals surface area contributed by atoms with Crippen LogP contribution in [0.1, 0.15) is 25.5 Å². The molecule has 0 aliphatic carbocycles. The zero-order valence-corrected chi connectivity index (χ0v) is 10.1. The molecule has 0 saturated carbocycles. The van der Waals surface area contributed by atoms with Crippen LogP contribution in [0.3, 0.4) is 0 Å². The highest BCUT2D eigenvalue weighted by atomic mass is 32.2. The van der Waals surface area contributed by atoms with Crippen LogP contribution in [0.5, 0.6) is 0 Å². The van der Waals surface area contributed by atoms with Crippen molar-refractivity contribution in [1.82, 2.24) is 5.32 Å². The summed E-state index contributed by atoms with van der Waals surface area (Å²) < 4.78 is 12.7. The number of benzene rings is 1. The van der Waals surface area contributed by atoms with Crippen molar-refractivity contribution in [1.29, 1.82) is 0 Å². The van der Waals surface area contributed by atoms with Gasteiger partial charge in [-0.3, -0.25) is 0 Å². The second-order valence-electron chi connectivity index (χ2n) is 3.42. The monoisotopic (exact) mass is 227 g/mol. The molecule has 1 atom stereocenters. The van der Waals surface area contributed by atoms with Gasteiger partial charge in [0.1, 0.15) is 5.82 Å². The van der Waals surface area contributed by atoms with E-state index in [2.05, 4.69) is 19.2 Å². The summed E-state index contributed by atoms with van der Waals surface area (Å²) in [6.45, 7) is 5.26. The first-order valence-electron chi connectivity index (χ1n) is 5.30. The van der Waals surface area contributed by atoms with Crippen LogP contribution in [0.15, 0.2) is 24.3 Å². The number of hydrogen-bond acceptors (Lipinski definition) is 2. The Balaban J connectivity index is 2.33. The van der Waals surface area contributed by atoms with Gasteiger partial charge in [-0.25, -0.2) is 4.39 Å². The van der Waals surface area contributed by atoms with E-state index in [4.69, 9.17) is 0 Å². The first-order valence-corrected chi connectivity index (χ1v) is 6.46. The molecule has 0 saturated heterocycles. The third kappa shape index (κ3) is 4.67. The molecule has 1 aromatic carbocycles. The Morgan fingerprint density at radius 3 is 2.60 bits per heavy atom. The van der Waals surface area contributed by atoms with E-state index >= 15 is 0 Å². The molecular formula is C12H18FNS. The summed E-state index contributed by atoms with van der Waals surface area (Å²) in [6.07, 6.45) is 0. The van der Waals surface area contributed by atoms with E-state index in [1.165, 1.54) is 12.1 Å². The Labute approximate surface area is 95.5 Å². The predicted octanol–water partition coefficient (Wildman–Crippen LogP) is 3.23. The number of hydrogen-bond donors (Lipinski definition) is 1. The molecule has 1 unspecified atom stereocenters. The van der Waals surface area contributed by atoms with E-state index in [0.29, 0.717) is 6.04 Å². The maximum Gasteiger partial charge on any atom is 0.123 e. The third-order valence-corrected chi connectivity index (χ3v) is 3.17. The minimum atomic E-state index is -0.174. The first-order chi connectivity index (χ1) is 7.24. The molecule has 0 fully saturated rings. The van der Waals surface area contributed by atoms with Crippen LogP contribution >= 0.6 is 11.8 Å². The van der Waals surface area contributed by atoms with Gasteiger partial charge >= 0.3 is 0 Å². The maximum absolute atomic E-state index is 12.7. The lowest BCUT2D eigenvalue weighted by Gasteiger charge is -2.13. The lowest BCUT2D eigenvalue weighted by molar-refractivity contribution is 0.594.